The van der Waals surface area contributed by atoms with Crippen LogP contribution in [0.3, 0.4) is 0 Å². The number of carbonyl (C=O) groups excluding carboxylic acids is 1. The van der Waals surface area contributed by atoms with E-state index >= 15 is 0 Å². The number of carbonyl (C=O) groups is 1. The van der Waals surface area contributed by atoms with Gasteiger partial charge in [-0.15, -0.1) is 0 Å². The number of aliphatic hydroxyl groups is 1. The molecule has 1 fully saturated rings. The van der Waals surface area contributed by atoms with E-state index in [2.05, 4.69) is 24.1 Å². The smallest absolute Gasteiger partial charge is 0.221 e. The van der Waals surface area contributed by atoms with Crippen molar-refractivity contribution >= 4 is 5.91 Å². The normalized spacial score (nSPS) is 25.8. The second kappa shape index (κ2) is 4.58. The van der Waals surface area contributed by atoms with Gasteiger partial charge in [0.15, 0.2) is 0 Å². The fraction of sp³-hybridized carbons (Fsp3) is 0.889. The van der Waals surface area contributed by atoms with E-state index in [4.69, 9.17) is 5.11 Å². The zero-order valence-corrected chi connectivity index (χ0v) is 8.29. The molecule has 0 bridgehead atoms. The van der Waals surface area contributed by atoms with Gasteiger partial charge in [0.2, 0.25) is 5.91 Å². The predicted octanol–water partition coefficient (Wildman–Crippen LogP) is -0.422. The molecule has 13 heavy (non-hydrogen) atoms. The highest BCUT2D eigenvalue weighted by Crippen LogP contribution is 2.08. The Hall–Kier alpha value is -0.610. The summed E-state index contributed by atoms with van der Waals surface area (Å²) in [7, 11) is 0. The Bertz CT molecular complexity index is 182. The number of rotatable bonds is 2. The van der Waals surface area contributed by atoms with Crippen LogP contribution < -0.4 is 5.32 Å². The molecule has 4 nitrogen and oxygen atoms in total. The van der Waals surface area contributed by atoms with Crippen LogP contribution in [0, 0.1) is 0 Å². The Morgan fingerprint density at radius 1 is 1.69 bits per heavy atom. The van der Waals surface area contributed by atoms with Crippen molar-refractivity contribution in [3.8, 4) is 0 Å². The van der Waals surface area contributed by atoms with Crippen molar-refractivity contribution in [2.75, 3.05) is 19.7 Å². The summed E-state index contributed by atoms with van der Waals surface area (Å²) in [5.41, 5.74) is 0. The first kappa shape index (κ1) is 10.5. The molecule has 1 aliphatic heterocycles. The molecule has 1 amide bonds. The molecular formula is C9H18N2O2. The van der Waals surface area contributed by atoms with Crippen molar-refractivity contribution in [3.63, 3.8) is 0 Å². The summed E-state index contributed by atoms with van der Waals surface area (Å²) in [6.07, 6.45) is 0.536. The molecule has 1 unspecified atom stereocenters. The second-order valence-corrected chi connectivity index (χ2v) is 3.72. The first-order valence-corrected chi connectivity index (χ1v) is 4.78. The first-order chi connectivity index (χ1) is 6.15. The van der Waals surface area contributed by atoms with Crippen LogP contribution in [-0.4, -0.2) is 47.7 Å². The lowest BCUT2D eigenvalue weighted by molar-refractivity contribution is -0.120. The Morgan fingerprint density at radius 3 is 2.92 bits per heavy atom. The summed E-state index contributed by atoms with van der Waals surface area (Å²) >= 11 is 0. The molecule has 1 aliphatic rings. The second-order valence-electron chi connectivity index (χ2n) is 3.72. The molecule has 1 atom stereocenters. The summed E-state index contributed by atoms with van der Waals surface area (Å²) in [6, 6.07) is 0.455. The van der Waals surface area contributed by atoms with Crippen molar-refractivity contribution < 1.29 is 9.90 Å². The van der Waals surface area contributed by atoms with Crippen molar-refractivity contribution in [1.29, 1.82) is 0 Å². The van der Waals surface area contributed by atoms with Crippen LogP contribution in [0.4, 0.5) is 0 Å². The maximum atomic E-state index is 11.1. The third-order valence-electron chi connectivity index (χ3n) is 2.47. The lowest BCUT2D eigenvalue weighted by Gasteiger charge is -2.31. The van der Waals surface area contributed by atoms with E-state index in [0.717, 1.165) is 6.54 Å². The van der Waals surface area contributed by atoms with Crippen LogP contribution in [0.5, 0.6) is 0 Å². The van der Waals surface area contributed by atoms with Gasteiger partial charge < -0.3 is 10.4 Å². The maximum Gasteiger partial charge on any atom is 0.221 e. The molecule has 2 N–H and O–H groups in total. The molecule has 76 valence electrons. The van der Waals surface area contributed by atoms with Gasteiger partial charge in [-0.05, 0) is 13.8 Å². The lowest BCUT2D eigenvalue weighted by atomic mass is 10.2. The first-order valence-electron chi connectivity index (χ1n) is 4.78. The average molecular weight is 186 g/mol. The van der Waals surface area contributed by atoms with Crippen LogP contribution in [0.1, 0.15) is 20.3 Å². The summed E-state index contributed by atoms with van der Waals surface area (Å²) in [5, 5.41) is 11.9. The summed E-state index contributed by atoms with van der Waals surface area (Å²) < 4.78 is 0. The Morgan fingerprint density at radius 2 is 2.38 bits per heavy atom. The molecule has 1 saturated heterocycles. The maximum absolute atomic E-state index is 11.1. The largest absolute Gasteiger partial charge is 0.395 e. The third kappa shape index (κ3) is 2.67. The highest BCUT2D eigenvalue weighted by atomic mass is 16.3. The minimum absolute atomic E-state index is 0.0754. The zero-order chi connectivity index (χ0) is 9.84. The van der Waals surface area contributed by atoms with Crippen molar-refractivity contribution in [1.82, 2.24) is 10.2 Å². The third-order valence-corrected chi connectivity index (χ3v) is 2.47. The topological polar surface area (TPSA) is 52.6 Å². The number of nitrogens with zero attached hydrogens (tertiary/aromatic N) is 1. The van der Waals surface area contributed by atoms with E-state index in [9.17, 15) is 4.79 Å². The lowest BCUT2D eigenvalue weighted by Crippen LogP contribution is -2.46. The average Bonchev–Trinajstić information content (AvgIpc) is 2.26. The number of hydrogen-bond donors (Lipinski definition) is 2. The summed E-state index contributed by atoms with van der Waals surface area (Å²) in [4.78, 5) is 13.3. The van der Waals surface area contributed by atoms with E-state index in [1.807, 2.05) is 0 Å². The fourth-order valence-corrected chi connectivity index (χ4v) is 1.70. The zero-order valence-electron chi connectivity index (χ0n) is 8.29. The monoisotopic (exact) mass is 186 g/mol. The molecule has 0 aromatic heterocycles. The van der Waals surface area contributed by atoms with E-state index in [1.54, 1.807) is 0 Å². The highest BCUT2D eigenvalue weighted by Gasteiger charge is 2.24. The minimum atomic E-state index is 0.0754. The van der Waals surface area contributed by atoms with Gasteiger partial charge >= 0.3 is 0 Å². The molecular weight excluding hydrogens is 168 g/mol. The SMILES string of the molecule is CC(C)N1CCC(=O)NCC1CO. The molecule has 0 saturated carbocycles. The number of aliphatic hydroxyl groups excluding tert-OH is 1. The van der Waals surface area contributed by atoms with Crippen LogP contribution in [0.15, 0.2) is 0 Å². The molecule has 1 rings (SSSR count). The van der Waals surface area contributed by atoms with Crippen LogP contribution in [0.2, 0.25) is 0 Å². The Labute approximate surface area is 78.9 Å². The van der Waals surface area contributed by atoms with Crippen molar-refractivity contribution in [3.05, 3.63) is 0 Å². The van der Waals surface area contributed by atoms with Crippen LogP contribution in [-0.2, 0) is 4.79 Å². The van der Waals surface area contributed by atoms with Gasteiger partial charge in [0.1, 0.15) is 0 Å². The number of hydrogen-bond acceptors (Lipinski definition) is 3. The number of amides is 1. The van der Waals surface area contributed by atoms with Gasteiger partial charge in [0.05, 0.1) is 12.6 Å². The molecule has 4 heteroatoms. The standard InChI is InChI=1S/C9H18N2O2/c1-7(2)11-4-3-9(13)10-5-8(11)6-12/h7-8,12H,3-6H2,1-2H3,(H,10,13). The van der Waals surface area contributed by atoms with Gasteiger partial charge in [-0.3, -0.25) is 9.69 Å². The summed E-state index contributed by atoms with van der Waals surface area (Å²) in [5.74, 6) is 0.0848. The highest BCUT2D eigenvalue weighted by molar-refractivity contribution is 5.76. The Kier molecular flexibility index (Phi) is 3.69. The molecule has 0 radical (unpaired) electrons. The van der Waals surface area contributed by atoms with Gasteiger partial charge in [0.25, 0.3) is 0 Å². The van der Waals surface area contributed by atoms with E-state index in [1.165, 1.54) is 0 Å². The van der Waals surface area contributed by atoms with Gasteiger partial charge in [-0.1, -0.05) is 0 Å². The van der Waals surface area contributed by atoms with E-state index in [0.29, 0.717) is 19.0 Å². The fourth-order valence-electron chi connectivity index (χ4n) is 1.70. The molecule has 1 heterocycles. The molecule has 0 spiro atoms. The van der Waals surface area contributed by atoms with E-state index < -0.39 is 0 Å². The molecule has 0 aromatic rings. The Balaban J connectivity index is 2.61. The molecule has 0 aromatic carbocycles. The van der Waals surface area contributed by atoms with Gasteiger partial charge in [-0.25, -0.2) is 0 Å². The van der Waals surface area contributed by atoms with Gasteiger partial charge in [0, 0.05) is 25.6 Å². The summed E-state index contributed by atoms with van der Waals surface area (Å²) in [6.45, 7) is 5.58. The quantitative estimate of drug-likeness (QED) is 0.615. The van der Waals surface area contributed by atoms with Gasteiger partial charge in [-0.2, -0.15) is 0 Å². The van der Waals surface area contributed by atoms with Crippen molar-refractivity contribution in [2.45, 2.75) is 32.4 Å². The van der Waals surface area contributed by atoms with E-state index in [-0.39, 0.29) is 18.6 Å². The van der Waals surface area contributed by atoms with Crippen LogP contribution in [0.25, 0.3) is 0 Å². The van der Waals surface area contributed by atoms with Crippen LogP contribution >= 0.6 is 0 Å². The van der Waals surface area contributed by atoms with Crippen molar-refractivity contribution in [2.24, 2.45) is 0 Å². The predicted molar refractivity (Wildman–Crippen MR) is 50.3 cm³/mol. The molecule has 0 aliphatic carbocycles. The number of nitrogens with one attached hydrogen (secondary N) is 1. The minimum Gasteiger partial charge on any atom is -0.395 e.